The number of nitrogens with one attached hydrogen (secondary N) is 1. The highest BCUT2D eigenvalue weighted by atomic mass is 35.5. The Morgan fingerprint density at radius 3 is 3.04 bits per heavy atom. The molecule has 1 N–H and O–H groups in total. The minimum absolute atomic E-state index is 0.198. The highest BCUT2D eigenvalue weighted by molar-refractivity contribution is 6.33. The van der Waals surface area contributed by atoms with Gasteiger partial charge in [-0.05, 0) is 18.6 Å². The first-order valence-corrected chi connectivity index (χ1v) is 8.46. The summed E-state index contributed by atoms with van der Waals surface area (Å²) in [7, 11) is 0. The van der Waals surface area contributed by atoms with Gasteiger partial charge in [0.2, 0.25) is 5.92 Å². The first kappa shape index (κ1) is 16.3. The number of nitrogens with zero attached hydrogens (tertiary/aromatic N) is 2. The number of fused-ring (bicyclic) bond motifs is 3. The summed E-state index contributed by atoms with van der Waals surface area (Å²) in [6.07, 6.45) is 3.12. The maximum absolute atomic E-state index is 13.3. The molecule has 2 heterocycles. The van der Waals surface area contributed by atoms with Gasteiger partial charge in [0, 0.05) is 30.0 Å². The van der Waals surface area contributed by atoms with Gasteiger partial charge in [0.15, 0.2) is 0 Å². The number of halogens is 3. The van der Waals surface area contributed by atoms with Crippen molar-refractivity contribution in [2.24, 2.45) is 0 Å². The monoisotopic (exact) mass is 367 g/mol. The van der Waals surface area contributed by atoms with Gasteiger partial charge in [-0.15, -0.1) is 0 Å². The number of carbonyl (C=O) groups is 1. The number of hydrogen-bond donors (Lipinski definition) is 1. The lowest BCUT2D eigenvalue weighted by Gasteiger charge is -2.15. The Balaban J connectivity index is 1.64. The van der Waals surface area contributed by atoms with Crippen LogP contribution in [0.2, 0.25) is 5.02 Å². The number of imidazole rings is 1. The van der Waals surface area contributed by atoms with E-state index in [1.54, 1.807) is 18.6 Å². The van der Waals surface area contributed by atoms with Crippen molar-refractivity contribution in [2.45, 2.75) is 37.8 Å². The van der Waals surface area contributed by atoms with Gasteiger partial charge in [-0.2, -0.15) is 0 Å². The summed E-state index contributed by atoms with van der Waals surface area (Å²) in [5.41, 5.74) is 1.79. The third-order valence-corrected chi connectivity index (χ3v) is 4.89. The Morgan fingerprint density at radius 2 is 2.28 bits per heavy atom. The van der Waals surface area contributed by atoms with E-state index in [9.17, 15) is 13.6 Å². The Hall–Kier alpha value is -2.15. The fraction of sp³-hybridized carbons (Fsp3) is 0.412. The maximum Gasteiger partial charge on any atom is 0.251 e. The molecule has 4 rings (SSSR count). The molecule has 1 atom stereocenters. The first-order chi connectivity index (χ1) is 11.9. The molecular formula is C17H16ClF2N3O2. The summed E-state index contributed by atoms with van der Waals surface area (Å²) in [5, 5.41) is 2.99. The second-order valence-corrected chi connectivity index (χ2v) is 6.83. The second kappa shape index (κ2) is 5.98. The van der Waals surface area contributed by atoms with Crippen LogP contribution in [0.3, 0.4) is 0 Å². The van der Waals surface area contributed by atoms with Crippen LogP contribution in [0.15, 0.2) is 24.7 Å². The third-order valence-electron chi connectivity index (χ3n) is 4.61. The van der Waals surface area contributed by atoms with Crippen LogP contribution < -0.4 is 10.1 Å². The lowest BCUT2D eigenvalue weighted by atomic mass is 10.1. The topological polar surface area (TPSA) is 56.2 Å². The molecule has 1 saturated carbocycles. The summed E-state index contributed by atoms with van der Waals surface area (Å²) in [6, 6.07) is 2.65. The predicted octanol–water partition coefficient (Wildman–Crippen LogP) is 3.51. The van der Waals surface area contributed by atoms with Crippen molar-refractivity contribution in [2.75, 3.05) is 6.61 Å². The molecule has 0 spiro atoms. The lowest BCUT2D eigenvalue weighted by molar-refractivity contribution is 0.00711. The van der Waals surface area contributed by atoms with Gasteiger partial charge in [-0.1, -0.05) is 11.6 Å². The number of ether oxygens (including phenoxy) is 1. The summed E-state index contributed by atoms with van der Waals surface area (Å²) < 4.78 is 34.2. The highest BCUT2D eigenvalue weighted by Gasteiger charge is 2.40. The first-order valence-electron chi connectivity index (χ1n) is 8.08. The lowest BCUT2D eigenvalue weighted by Crippen LogP contribution is -2.33. The average molecular weight is 368 g/mol. The Kier molecular flexibility index (Phi) is 3.91. The molecule has 2 aromatic rings. The summed E-state index contributed by atoms with van der Waals surface area (Å²) in [4.78, 5) is 16.6. The van der Waals surface area contributed by atoms with Gasteiger partial charge in [0.1, 0.15) is 12.4 Å². The summed E-state index contributed by atoms with van der Waals surface area (Å²) >= 11 is 6.30. The van der Waals surface area contributed by atoms with Crippen molar-refractivity contribution in [3.8, 4) is 17.0 Å². The summed E-state index contributed by atoms with van der Waals surface area (Å²) in [5.74, 6) is -2.61. The molecule has 132 valence electrons. The molecule has 0 radical (unpaired) electrons. The number of benzene rings is 1. The third kappa shape index (κ3) is 3.08. The van der Waals surface area contributed by atoms with E-state index in [1.165, 1.54) is 6.07 Å². The molecule has 8 heteroatoms. The molecule has 0 unspecified atom stereocenters. The standard InChI is InChI=1S/C17H16ClF2N3O2/c18-13-6-10(16(24)22-11-1-2-17(19,20)7-11)5-12-14-8-21-9-23(14)3-4-25-15(12)13/h5-6,8-9,11H,1-4,7H2,(H,22,24)/t11-/m1/s1. The number of alkyl halides is 2. The Labute approximate surface area is 147 Å². The van der Waals surface area contributed by atoms with Crippen LogP contribution >= 0.6 is 11.6 Å². The van der Waals surface area contributed by atoms with E-state index in [-0.39, 0.29) is 19.3 Å². The number of rotatable bonds is 2. The Bertz CT molecular complexity index is 837. The van der Waals surface area contributed by atoms with E-state index in [2.05, 4.69) is 10.3 Å². The average Bonchev–Trinajstić information content (AvgIpc) is 3.10. The van der Waals surface area contributed by atoms with Crippen LogP contribution in [0.1, 0.15) is 29.6 Å². The quantitative estimate of drug-likeness (QED) is 0.883. The molecule has 1 aliphatic heterocycles. The van der Waals surface area contributed by atoms with Gasteiger partial charge in [-0.25, -0.2) is 13.8 Å². The molecule has 1 aromatic heterocycles. The molecule has 5 nitrogen and oxygen atoms in total. The van der Waals surface area contributed by atoms with Gasteiger partial charge < -0.3 is 14.6 Å². The fourth-order valence-electron chi connectivity index (χ4n) is 3.37. The summed E-state index contributed by atoms with van der Waals surface area (Å²) in [6.45, 7) is 1.07. The van der Waals surface area contributed by atoms with Gasteiger partial charge >= 0.3 is 0 Å². The molecular weight excluding hydrogens is 352 g/mol. The van der Waals surface area contributed by atoms with Crippen molar-refractivity contribution in [3.05, 3.63) is 35.2 Å². The van der Waals surface area contributed by atoms with Gasteiger partial charge in [0.05, 0.1) is 29.8 Å². The second-order valence-electron chi connectivity index (χ2n) is 6.42. The maximum atomic E-state index is 13.3. The minimum atomic E-state index is -2.70. The van der Waals surface area contributed by atoms with Crippen LogP contribution in [0.25, 0.3) is 11.3 Å². The highest BCUT2D eigenvalue weighted by Crippen LogP contribution is 2.39. The molecule has 2 aliphatic rings. The largest absolute Gasteiger partial charge is 0.489 e. The van der Waals surface area contributed by atoms with Crippen molar-refractivity contribution in [3.63, 3.8) is 0 Å². The molecule has 1 fully saturated rings. The van der Waals surface area contributed by atoms with Crippen molar-refractivity contribution in [1.82, 2.24) is 14.9 Å². The van der Waals surface area contributed by atoms with E-state index in [1.807, 2.05) is 4.57 Å². The van der Waals surface area contributed by atoms with Crippen LogP contribution in [0.4, 0.5) is 8.78 Å². The number of aromatic nitrogens is 2. The minimum Gasteiger partial charge on any atom is -0.489 e. The van der Waals surface area contributed by atoms with Gasteiger partial charge in [0.25, 0.3) is 5.91 Å². The van der Waals surface area contributed by atoms with E-state index < -0.39 is 17.9 Å². The smallest absolute Gasteiger partial charge is 0.251 e. The van der Waals surface area contributed by atoms with Crippen LogP contribution in [0, 0.1) is 0 Å². The molecule has 0 saturated heterocycles. The molecule has 1 amide bonds. The Morgan fingerprint density at radius 1 is 1.44 bits per heavy atom. The normalized spacial score (nSPS) is 21.0. The molecule has 0 bridgehead atoms. The SMILES string of the molecule is O=C(N[C@@H]1CCC(F)(F)C1)c1cc(Cl)c2c(c1)-c1cncn1CCO2. The zero-order valence-corrected chi connectivity index (χ0v) is 14.0. The predicted molar refractivity (Wildman–Crippen MR) is 88.2 cm³/mol. The molecule has 1 aromatic carbocycles. The molecule has 25 heavy (non-hydrogen) atoms. The van der Waals surface area contributed by atoms with E-state index in [0.717, 1.165) is 5.69 Å². The van der Waals surface area contributed by atoms with E-state index >= 15 is 0 Å². The zero-order valence-electron chi connectivity index (χ0n) is 13.3. The zero-order chi connectivity index (χ0) is 17.6. The van der Waals surface area contributed by atoms with Crippen LogP contribution in [-0.2, 0) is 6.54 Å². The van der Waals surface area contributed by atoms with E-state index in [4.69, 9.17) is 16.3 Å². The number of hydrogen-bond acceptors (Lipinski definition) is 3. The van der Waals surface area contributed by atoms with Crippen molar-refractivity contribution < 1.29 is 18.3 Å². The van der Waals surface area contributed by atoms with Crippen LogP contribution in [0.5, 0.6) is 5.75 Å². The number of amides is 1. The molecule has 1 aliphatic carbocycles. The van der Waals surface area contributed by atoms with Gasteiger partial charge in [-0.3, -0.25) is 4.79 Å². The van der Waals surface area contributed by atoms with Crippen molar-refractivity contribution >= 4 is 17.5 Å². The van der Waals surface area contributed by atoms with Crippen molar-refractivity contribution in [1.29, 1.82) is 0 Å². The number of carbonyl (C=O) groups excluding carboxylic acids is 1. The fourth-order valence-corrected chi connectivity index (χ4v) is 3.65. The van der Waals surface area contributed by atoms with Crippen LogP contribution in [-0.4, -0.2) is 34.0 Å². The van der Waals surface area contributed by atoms with E-state index in [0.29, 0.717) is 35.1 Å².